The average Bonchev–Trinajstić information content (AvgIpc) is 2.96. The van der Waals surface area contributed by atoms with E-state index in [2.05, 4.69) is 16.7 Å². The highest BCUT2D eigenvalue weighted by Crippen LogP contribution is 2.33. The average molecular weight is 275 g/mol. The lowest BCUT2D eigenvalue weighted by atomic mass is 9.89. The van der Waals surface area contributed by atoms with Crippen LogP contribution >= 0.6 is 11.3 Å². The highest BCUT2D eigenvalue weighted by Gasteiger charge is 2.34. The molecule has 2 N–H and O–H groups in total. The largest absolute Gasteiger partial charge is 0.317 e. The molecule has 5 heteroatoms. The fourth-order valence-electron chi connectivity index (χ4n) is 3.28. The first kappa shape index (κ1) is 12.6. The van der Waals surface area contributed by atoms with Gasteiger partial charge in [-0.2, -0.15) is 5.26 Å². The molecule has 4 nitrogen and oxygen atoms in total. The van der Waals surface area contributed by atoms with Crippen LogP contribution in [0.15, 0.2) is 11.4 Å². The van der Waals surface area contributed by atoms with Crippen molar-refractivity contribution in [2.75, 3.05) is 5.32 Å². The van der Waals surface area contributed by atoms with Crippen LogP contribution in [0.3, 0.4) is 0 Å². The van der Waals surface area contributed by atoms with Crippen LogP contribution in [-0.4, -0.2) is 18.0 Å². The lowest BCUT2D eigenvalue weighted by Crippen LogP contribution is -2.39. The van der Waals surface area contributed by atoms with Gasteiger partial charge in [-0.1, -0.05) is 0 Å². The summed E-state index contributed by atoms with van der Waals surface area (Å²) in [5, 5.41) is 17.9. The van der Waals surface area contributed by atoms with E-state index in [4.69, 9.17) is 5.26 Å². The normalized spacial score (nSPS) is 28.9. The Morgan fingerprint density at radius 3 is 2.89 bits per heavy atom. The standard InChI is InChI=1S/C14H17N3OS/c15-8-10-3-4-19-14(10)17-13(18)7-9-5-11-1-2-12(6-9)16-11/h3-4,9,11-12,16H,1-2,5-7H2,(H,17,18). The van der Waals surface area contributed by atoms with Gasteiger partial charge >= 0.3 is 0 Å². The summed E-state index contributed by atoms with van der Waals surface area (Å²) in [5.41, 5.74) is 0.559. The molecule has 2 fully saturated rings. The monoisotopic (exact) mass is 275 g/mol. The lowest BCUT2D eigenvalue weighted by molar-refractivity contribution is -0.117. The van der Waals surface area contributed by atoms with Gasteiger partial charge in [-0.05, 0) is 43.0 Å². The number of carbonyl (C=O) groups is 1. The molecular weight excluding hydrogens is 258 g/mol. The van der Waals surface area contributed by atoms with Crippen molar-refractivity contribution < 1.29 is 4.79 Å². The molecule has 3 heterocycles. The van der Waals surface area contributed by atoms with Gasteiger partial charge in [0, 0.05) is 18.5 Å². The summed E-state index contributed by atoms with van der Waals surface area (Å²) in [6.07, 6.45) is 5.31. The first-order valence-corrected chi connectivity index (χ1v) is 7.66. The van der Waals surface area contributed by atoms with Crippen LogP contribution in [0.1, 0.15) is 37.7 Å². The molecule has 1 amide bonds. The SMILES string of the molecule is N#Cc1ccsc1NC(=O)CC1CC2CCC(C1)N2. The zero-order chi connectivity index (χ0) is 13.2. The minimum atomic E-state index is 0.0465. The smallest absolute Gasteiger partial charge is 0.225 e. The summed E-state index contributed by atoms with van der Waals surface area (Å²) in [4.78, 5) is 12.0. The molecule has 2 unspecified atom stereocenters. The number of nitrogens with zero attached hydrogens (tertiary/aromatic N) is 1. The van der Waals surface area contributed by atoms with Gasteiger partial charge in [-0.25, -0.2) is 0 Å². The Kier molecular flexibility index (Phi) is 3.54. The molecule has 100 valence electrons. The maximum Gasteiger partial charge on any atom is 0.225 e. The van der Waals surface area contributed by atoms with Crippen molar-refractivity contribution in [2.24, 2.45) is 5.92 Å². The van der Waals surface area contributed by atoms with E-state index in [-0.39, 0.29) is 5.91 Å². The zero-order valence-electron chi connectivity index (χ0n) is 10.7. The summed E-state index contributed by atoms with van der Waals surface area (Å²) >= 11 is 1.41. The second-order valence-corrected chi connectivity index (χ2v) is 6.42. The van der Waals surface area contributed by atoms with E-state index >= 15 is 0 Å². The Morgan fingerprint density at radius 2 is 2.21 bits per heavy atom. The number of thiophene rings is 1. The van der Waals surface area contributed by atoms with Gasteiger partial charge in [-0.3, -0.25) is 4.79 Å². The number of anilines is 1. The Bertz CT molecular complexity index is 507. The van der Waals surface area contributed by atoms with E-state index in [0.717, 1.165) is 12.8 Å². The molecule has 0 spiro atoms. The van der Waals surface area contributed by atoms with Crippen molar-refractivity contribution in [2.45, 2.75) is 44.2 Å². The molecule has 0 aromatic carbocycles. The van der Waals surface area contributed by atoms with Crippen LogP contribution < -0.4 is 10.6 Å². The summed E-state index contributed by atoms with van der Waals surface area (Å²) in [7, 11) is 0. The maximum atomic E-state index is 12.0. The molecule has 0 radical (unpaired) electrons. The minimum Gasteiger partial charge on any atom is -0.317 e. The molecule has 2 aliphatic rings. The van der Waals surface area contributed by atoms with E-state index in [1.807, 2.05) is 5.38 Å². The number of nitriles is 1. The molecule has 19 heavy (non-hydrogen) atoms. The number of hydrogen-bond donors (Lipinski definition) is 2. The number of rotatable bonds is 3. The van der Waals surface area contributed by atoms with Gasteiger partial charge in [0.15, 0.2) is 0 Å². The van der Waals surface area contributed by atoms with Crippen molar-refractivity contribution in [1.82, 2.24) is 5.32 Å². The molecule has 2 bridgehead atoms. The molecule has 1 aromatic heterocycles. The second-order valence-electron chi connectivity index (χ2n) is 5.50. The highest BCUT2D eigenvalue weighted by molar-refractivity contribution is 7.14. The van der Waals surface area contributed by atoms with Crippen molar-refractivity contribution in [3.63, 3.8) is 0 Å². The second kappa shape index (κ2) is 5.32. The van der Waals surface area contributed by atoms with Crippen LogP contribution in [0.25, 0.3) is 0 Å². The first-order valence-electron chi connectivity index (χ1n) is 6.78. The number of piperidine rings is 1. The van der Waals surface area contributed by atoms with Gasteiger partial charge in [0.1, 0.15) is 11.1 Å². The van der Waals surface area contributed by atoms with E-state index in [9.17, 15) is 4.79 Å². The number of fused-ring (bicyclic) bond motifs is 2. The van der Waals surface area contributed by atoms with Crippen molar-refractivity contribution >= 4 is 22.2 Å². The zero-order valence-corrected chi connectivity index (χ0v) is 11.5. The molecule has 0 saturated carbocycles. The number of hydrogen-bond acceptors (Lipinski definition) is 4. The van der Waals surface area contributed by atoms with Crippen molar-refractivity contribution in [3.05, 3.63) is 17.0 Å². The van der Waals surface area contributed by atoms with Crippen LogP contribution in [0.4, 0.5) is 5.00 Å². The van der Waals surface area contributed by atoms with E-state index < -0.39 is 0 Å². The molecule has 1 aromatic rings. The van der Waals surface area contributed by atoms with E-state index in [1.54, 1.807) is 6.07 Å². The molecule has 3 rings (SSSR count). The van der Waals surface area contributed by atoms with Crippen LogP contribution in [0.5, 0.6) is 0 Å². The molecule has 2 saturated heterocycles. The van der Waals surface area contributed by atoms with E-state index in [0.29, 0.717) is 35.0 Å². The predicted octanol–water partition coefficient (Wildman–Crippen LogP) is 2.48. The third-order valence-electron chi connectivity index (χ3n) is 4.08. The van der Waals surface area contributed by atoms with E-state index in [1.165, 1.54) is 24.2 Å². The van der Waals surface area contributed by atoms with Gasteiger partial charge in [0.2, 0.25) is 5.91 Å². The lowest BCUT2D eigenvalue weighted by Gasteiger charge is -2.28. The Balaban J connectivity index is 1.56. The molecule has 2 atom stereocenters. The number of amides is 1. The Hall–Kier alpha value is -1.38. The van der Waals surface area contributed by atoms with Crippen LogP contribution in [0, 0.1) is 17.2 Å². The Morgan fingerprint density at radius 1 is 1.47 bits per heavy atom. The molecule has 2 aliphatic heterocycles. The maximum absolute atomic E-state index is 12.0. The van der Waals surface area contributed by atoms with Crippen LogP contribution in [0.2, 0.25) is 0 Å². The highest BCUT2D eigenvalue weighted by atomic mass is 32.1. The quantitative estimate of drug-likeness (QED) is 0.890. The van der Waals surface area contributed by atoms with Gasteiger partial charge in [0.25, 0.3) is 0 Å². The fraction of sp³-hybridized carbons (Fsp3) is 0.571. The number of nitrogens with one attached hydrogen (secondary N) is 2. The van der Waals surface area contributed by atoms with Crippen molar-refractivity contribution in [1.29, 1.82) is 5.26 Å². The summed E-state index contributed by atoms with van der Waals surface area (Å²) < 4.78 is 0. The predicted molar refractivity (Wildman–Crippen MR) is 75.0 cm³/mol. The summed E-state index contributed by atoms with van der Waals surface area (Å²) in [6.45, 7) is 0. The van der Waals surface area contributed by atoms with Gasteiger partial charge < -0.3 is 10.6 Å². The third-order valence-corrected chi connectivity index (χ3v) is 4.91. The summed E-state index contributed by atoms with van der Waals surface area (Å²) in [5.74, 6) is 0.537. The van der Waals surface area contributed by atoms with Crippen LogP contribution in [-0.2, 0) is 4.79 Å². The number of carbonyl (C=O) groups excluding carboxylic acids is 1. The Labute approximate surface area is 116 Å². The minimum absolute atomic E-state index is 0.0465. The first-order chi connectivity index (χ1) is 9.24. The van der Waals surface area contributed by atoms with Gasteiger partial charge in [-0.15, -0.1) is 11.3 Å². The van der Waals surface area contributed by atoms with Crippen molar-refractivity contribution in [3.8, 4) is 6.07 Å². The fourth-order valence-corrected chi connectivity index (χ4v) is 4.03. The third kappa shape index (κ3) is 2.80. The van der Waals surface area contributed by atoms with Gasteiger partial charge in [0.05, 0.1) is 5.56 Å². The topological polar surface area (TPSA) is 64.9 Å². The summed E-state index contributed by atoms with van der Waals surface area (Å²) in [6, 6.07) is 5.07. The molecule has 0 aliphatic carbocycles. The molecular formula is C14H17N3OS.